The minimum absolute atomic E-state index is 0.0180. The van der Waals surface area contributed by atoms with Crippen molar-refractivity contribution >= 4 is 28.4 Å². The van der Waals surface area contributed by atoms with E-state index in [0.29, 0.717) is 22.2 Å². The van der Waals surface area contributed by atoms with E-state index in [2.05, 4.69) is 4.98 Å². The zero-order valence-electron chi connectivity index (χ0n) is 15.8. The van der Waals surface area contributed by atoms with Crippen molar-refractivity contribution in [3.63, 3.8) is 0 Å². The van der Waals surface area contributed by atoms with Crippen molar-refractivity contribution in [2.75, 3.05) is 7.11 Å². The Morgan fingerprint density at radius 3 is 2.38 bits per heavy atom. The molecule has 4 aromatic rings. The van der Waals surface area contributed by atoms with Gasteiger partial charge in [-0.3, -0.25) is 4.79 Å². The average Bonchev–Trinajstić information content (AvgIpc) is 3.10. The van der Waals surface area contributed by atoms with Crippen LogP contribution in [0, 0.1) is 0 Å². The summed E-state index contributed by atoms with van der Waals surface area (Å²) in [6, 6.07) is 22.0. The lowest BCUT2D eigenvalue weighted by molar-refractivity contribution is 0.0971. The monoisotopic (exact) mass is 406 g/mol. The molecule has 29 heavy (non-hydrogen) atoms. The molecule has 0 spiro atoms. The standard InChI is InChI=1S/C23H19ClN2O3/c1-28-18-10-12-19(13-11-18)29-15-23-25-20-4-2-3-5-21(20)26(23)14-22(27)16-6-8-17(24)9-7-16/h2-13H,14-15H2,1H3. The van der Waals surface area contributed by atoms with Gasteiger partial charge in [0.25, 0.3) is 0 Å². The number of para-hydroxylation sites is 2. The summed E-state index contributed by atoms with van der Waals surface area (Å²) in [6.07, 6.45) is 0. The van der Waals surface area contributed by atoms with Crippen molar-refractivity contribution in [3.05, 3.63) is 89.2 Å². The van der Waals surface area contributed by atoms with Gasteiger partial charge < -0.3 is 14.0 Å². The molecule has 0 aliphatic heterocycles. The van der Waals surface area contributed by atoms with E-state index in [9.17, 15) is 4.79 Å². The van der Waals surface area contributed by atoms with Crippen molar-refractivity contribution in [2.45, 2.75) is 13.2 Å². The number of imidazole rings is 1. The van der Waals surface area contributed by atoms with Gasteiger partial charge in [0, 0.05) is 10.6 Å². The molecule has 0 aliphatic rings. The highest BCUT2D eigenvalue weighted by Gasteiger charge is 2.15. The summed E-state index contributed by atoms with van der Waals surface area (Å²) in [5.74, 6) is 2.13. The summed E-state index contributed by atoms with van der Waals surface area (Å²) in [4.78, 5) is 17.5. The molecular formula is C23H19ClN2O3. The molecule has 146 valence electrons. The van der Waals surface area contributed by atoms with Crippen molar-refractivity contribution < 1.29 is 14.3 Å². The highest BCUT2D eigenvalue weighted by atomic mass is 35.5. The van der Waals surface area contributed by atoms with Gasteiger partial charge in [0.2, 0.25) is 0 Å². The van der Waals surface area contributed by atoms with Crippen molar-refractivity contribution in [1.82, 2.24) is 9.55 Å². The fourth-order valence-corrected chi connectivity index (χ4v) is 3.23. The van der Waals surface area contributed by atoms with E-state index in [-0.39, 0.29) is 18.9 Å². The fourth-order valence-electron chi connectivity index (χ4n) is 3.10. The third kappa shape index (κ3) is 4.25. The van der Waals surface area contributed by atoms with Crippen LogP contribution in [0.15, 0.2) is 72.8 Å². The first-order valence-corrected chi connectivity index (χ1v) is 9.51. The molecule has 0 fully saturated rings. The predicted octanol–water partition coefficient (Wildman–Crippen LogP) is 5.16. The largest absolute Gasteiger partial charge is 0.497 e. The van der Waals surface area contributed by atoms with Crippen LogP contribution in [-0.2, 0) is 13.2 Å². The third-order valence-corrected chi connectivity index (χ3v) is 4.88. The van der Waals surface area contributed by atoms with Gasteiger partial charge >= 0.3 is 0 Å². The minimum Gasteiger partial charge on any atom is -0.497 e. The first kappa shape index (κ1) is 19.0. The molecule has 4 rings (SSSR count). The number of Topliss-reactive ketones (excluding diaryl/α,β-unsaturated/α-hetero) is 1. The van der Waals surface area contributed by atoms with Crippen molar-refractivity contribution in [1.29, 1.82) is 0 Å². The molecule has 0 radical (unpaired) electrons. The Kier molecular flexibility index (Phi) is 5.49. The molecule has 0 bridgehead atoms. The number of hydrogen-bond acceptors (Lipinski definition) is 4. The van der Waals surface area contributed by atoms with Crippen LogP contribution < -0.4 is 9.47 Å². The Hall–Kier alpha value is -3.31. The summed E-state index contributed by atoms with van der Waals surface area (Å²) < 4.78 is 13.0. The Labute approximate surface area is 173 Å². The van der Waals surface area contributed by atoms with Crippen LogP contribution in [0.1, 0.15) is 16.2 Å². The maximum absolute atomic E-state index is 12.8. The van der Waals surface area contributed by atoms with Gasteiger partial charge in [0.05, 0.1) is 24.7 Å². The first-order chi connectivity index (χ1) is 14.1. The van der Waals surface area contributed by atoms with E-state index in [4.69, 9.17) is 21.1 Å². The maximum Gasteiger partial charge on any atom is 0.182 e. The number of benzene rings is 3. The first-order valence-electron chi connectivity index (χ1n) is 9.14. The maximum atomic E-state index is 12.8. The summed E-state index contributed by atoms with van der Waals surface area (Å²) in [5.41, 5.74) is 2.32. The lowest BCUT2D eigenvalue weighted by atomic mass is 10.1. The van der Waals surface area contributed by atoms with Gasteiger partial charge in [0.15, 0.2) is 5.78 Å². The van der Waals surface area contributed by atoms with Gasteiger partial charge in [-0.05, 0) is 60.7 Å². The number of aromatic nitrogens is 2. The average molecular weight is 407 g/mol. The normalized spacial score (nSPS) is 10.8. The zero-order valence-corrected chi connectivity index (χ0v) is 16.6. The molecule has 5 nitrogen and oxygen atoms in total. The predicted molar refractivity (Wildman–Crippen MR) is 113 cm³/mol. The van der Waals surface area contributed by atoms with Crippen LogP contribution in [0.2, 0.25) is 5.02 Å². The van der Waals surface area contributed by atoms with E-state index < -0.39 is 0 Å². The Morgan fingerprint density at radius 1 is 0.966 bits per heavy atom. The van der Waals surface area contributed by atoms with Crippen LogP contribution in [0.3, 0.4) is 0 Å². The highest BCUT2D eigenvalue weighted by Crippen LogP contribution is 2.21. The summed E-state index contributed by atoms with van der Waals surface area (Å²) in [6.45, 7) is 0.415. The van der Waals surface area contributed by atoms with Gasteiger partial charge in [0.1, 0.15) is 23.9 Å². The molecule has 0 saturated carbocycles. The van der Waals surface area contributed by atoms with Crippen LogP contribution >= 0.6 is 11.6 Å². The molecule has 0 saturated heterocycles. The van der Waals surface area contributed by atoms with E-state index >= 15 is 0 Å². The van der Waals surface area contributed by atoms with Crippen LogP contribution in [-0.4, -0.2) is 22.4 Å². The number of rotatable bonds is 7. The SMILES string of the molecule is COc1ccc(OCc2nc3ccccc3n2CC(=O)c2ccc(Cl)cc2)cc1. The summed E-state index contributed by atoms with van der Waals surface area (Å²) >= 11 is 5.93. The Balaban J connectivity index is 1.59. The Bertz CT molecular complexity index is 1140. The van der Waals surface area contributed by atoms with Gasteiger partial charge in [-0.1, -0.05) is 23.7 Å². The minimum atomic E-state index is -0.0180. The number of ether oxygens (including phenoxy) is 2. The van der Waals surface area contributed by atoms with E-state index in [1.54, 1.807) is 31.4 Å². The molecule has 0 N–H and O–H groups in total. The van der Waals surface area contributed by atoms with E-state index in [0.717, 1.165) is 16.8 Å². The van der Waals surface area contributed by atoms with Gasteiger partial charge in [-0.15, -0.1) is 0 Å². The lowest BCUT2D eigenvalue weighted by Gasteiger charge is -2.11. The number of carbonyl (C=O) groups excluding carboxylic acids is 1. The number of carbonyl (C=O) groups is 1. The number of fused-ring (bicyclic) bond motifs is 1. The van der Waals surface area contributed by atoms with Gasteiger partial charge in [-0.25, -0.2) is 4.98 Å². The second-order valence-electron chi connectivity index (χ2n) is 6.50. The second-order valence-corrected chi connectivity index (χ2v) is 6.93. The number of halogens is 1. The number of ketones is 1. The topological polar surface area (TPSA) is 53.4 Å². The molecular weight excluding hydrogens is 388 g/mol. The van der Waals surface area contributed by atoms with Crippen LogP contribution in [0.4, 0.5) is 0 Å². The quantitative estimate of drug-likeness (QED) is 0.398. The van der Waals surface area contributed by atoms with E-state index in [1.807, 2.05) is 53.1 Å². The molecule has 0 aliphatic carbocycles. The lowest BCUT2D eigenvalue weighted by Crippen LogP contribution is -2.14. The second kappa shape index (κ2) is 8.37. The third-order valence-electron chi connectivity index (χ3n) is 4.63. The van der Waals surface area contributed by atoms with Gasteiger partial charge in [-0.2, -0.15) is 0 Å². The van der Waals surface area contributed by atoms with Crippen LogP contribution in [0.5, 0.6) is 11.5 Å². The zero-order chi connectivity index (χ0) is 20.2. The van der Waals surface area contributed by atoms with Crippen molar-refractivity contribution in [3.8, 4) is 11.5 Å². The molecule has 6 heteroatoms. The van der Waals surface area contributed by atoms with E-state index in [1.165, 1.54) is 0 Å². The number of nitrogens with zero attached hydrogens (tertiary/aromatic N) is 2. The molecule has 1 aromatic heterocycles. The van der Waals surface area contributed by atoms with Crippen molar-refractivity contribution in [2.24, 2.45) is 0 Å². The summed E-state index contributed by atoms with van der Waals surface area (Å²) in [5, 5.41) is 0.600. The molecule has 3 aromatic carbocycles. The number of methoxy groups -OCH3 is 1. The summed E-state index contributed by atoms with van der Waals surface area (Å²) in [7, 11) is 1.62. The Morgan fingerprint density at radius 2 is 1.66 bits per heavy atom. The molecule has 1 heterocycles. The molecule has 0 atom stereocenters. The fraction of sp³-hybridized carbons (Fsp3) is 0.130. The molecule has 0 amide bonds. The molecule has 0 unspecified atom stereocenters. The number of hydrogen-bond donors (Lipinski definition) is 0. The smallest absolute Gasteiger partial charge is 0.182 e. The highest BCUT2D eigenvalue weighted by molar-refractivity contribution is 6.30. The van der Waals surface area contributed by atoms with Crippen LogP contribution in [0.25, 0.3) is 11.0 Å².